The second-order valence-electron chi connectivity index (χ2n) is 8.30. The number of carbonyl (C=O) groups excluding carboxylic acids is 3. The van der Waals surface area contributed by atoms with Crippen LogP contribution < -0.4 is 10.6 Å². The molecule has 4 rings (SSSR count). The molecule has 1 heterocycles. The number of imide groups is 1. The Kier molecular flexibility index (Phi) is 6.82. The molecule has 0 unspecified atom stereocenters. The number of rotatable bonds is 8. The van der Waals surface area contributed by atoms with Crippen LogP contribution in [0.4, 0.5) is 5.69 Å². The number of hydrogen-bond donors (Lipinski definition) is 3. The van der Waals surface area contributed by atoms with Crippen molar-refractivity contribution in [2.24, 2.45) is 0 Å². The average Bonchev–Trinajstić information content (AvgIpc) is 3.08. The van der Waals surface area contributed by atoms with E-state index in [0.29, 0.717) is 6.54 Å². The number of phenolic OH excluding ortho intramolecular Hbond substituents is 1. The zero-order valence-corrected chi connectivity index (χ0v) is 19.5. The summed E-state index contributed by atoms with van der Waals surface area (Å²) in [5, 5.41) is 16.8. The summed E-state index contributed by atoms with van der Waals surface area (Å²) in [6, 6.07) is 23.3. The van der Waals surface area contributed by atoms with Crippen LogP contribution in [0.5, 0.6) is 5.75 Å². The van der Waals surface area contributed by atoms with E-state index >= 15 is 0 Å². The number of hydrogen-bond acceptors (Lipinski definition) is 6. The smallest absolute Gasteiger partial charge is 0.279 e. The van der Waals surface area contributed by atoms with E-state index in [9.17, 15) is 19.5 Å². The van der Waals surface area contributed by atoms with E-state index in [-0.39, 0.29) is 40.8 Å². The van der Waals surface area contributed by atoms with E-state index < -0.39 is 11.8 Å². The fourth-order valence-corrected chi connectivity index (χ4v) is 3.74. The van der Waals surface area contributed by atoms with Gasteiger partial charge in [-0.1, -0.05) is 66.7 Å². The van der Waals surface area contributed by atoms with Crippen molar-refractivity contribution in [2.45, 2.75) is 13.1 Å². The zero-order chi connectivity index (χ0) is 24.9. The summed E-state index contributed by atoms with van der Waals surface area (Å²) in [4.78, 5) is 41.6. The van der Waals surface area contributed by atoms with Crippen molar-refractivity contribution < 1.29 is 19.5 Å². The Morgan fingerprint density at radius 2 is 1.43 bits per heavy atom. The van der Waals surface area contributed by atoms with Gasteiger partial charge in [-0.25, -0.2) is 0 Å². The normalized spacial score (nSPS) is 13.3. The SMILES string of the molecule is CN(C)C(=O)c1cccc(NC2=C(NCc3ccccc3)C(=O)N(Cc3ccccc3)C2=O)c1O. The van der Waals surface area contributed by atoms with Crippen LogP contribution in [0.2, 0.25) is 0 Å². The molecule has 0 fully saturated rings. The molecule has 3 amide bonds. The first-order valence-corrected chi connectivity index (χ1v) is 11.1. The fraction of sp³-hybridized carbons (Fsp3) is 0.148. The van der Waals surface area contributed by atoms with Gasteiger partial charge < -0.3 is 20.6 Å². The molecule has 0 atom stereocenters. The van der Waals surface area contributed by atoms with Crippen LogP contribution in [-0.4, -0.2) is 46.7 Å². The molecule has 0 saturated heterocycles. The standard InChI is InChI=1S/C27H26N4O4/c1-30(2)25(33)20-14-9-15-21(24(20)32)29-23-22(28-16-18-10-5-3-6-11-18)26(34)31(27(23)35)17-19-12-7-4-8-13-19/h3-15,28-29,32H,16-17H2,1-2H3. The predicted molar refractivity (Wildman–Crippen MR) is 132 cm³/mol. The largest absolute Gasteiger partial charge is 0.505 e. The second kappa shape index (κ2) is 10.1. The number of amides is 3. The van der Waals surface area contributed by atoms with Crippen molar-refractivity contribution in [1.82, 2.24) is 15.1 Å². The van der Waals surface area contributed by atoms with Gasteiger partial charge in [-0.05, 0) is 23.3 Å². The summed E-state index contributed by atoms with van der Waals surface area (Å²) in [5.41, 5.74) is 2.07. The van der Waals surface area contributed by atoms with Gasteiger partial charge in [0.25, 0.3) is 17.7 Å². The Balaban J connectivity index is 1.67. The number of benzene rings is 3. The molecule has 0 aliphatic carbocycles. The first-order chi connectivity index (χ1) is 16.9. The third-order valence-corrected chi connectivity index (χ3v) is 5.60. The first kappa shape index (κ1) is 23.6. The fourth-order valence-electron chi connectivity index (χ4n) is 3.74. The molecule has 0 radical (unpaired) electrons. The number of nitrogens with zero attached hydrogens (tertiary/aromatic N) is 2. The van der Waals surface area contributed by atoms with E-state index in [0.717, 1.165) is 16.0 Å². The minimum atomic E-state index is -0.529. The molecule has 0 bridgehead atoms. The van der Waals surface area contributed by atoms with E-state index in [1.807, 2.05) is 60.7 Å². The van der Waals surface area contributed by atoms with E-state index in [2.05, 4.69) is 10.6 Å². The maximum Gasteiger partial charge on any atom is 0.279 e. The topological polar surface area (TPSA) is 102 Å². The van der Waals surface area contributed by atoms with E-state index in [1.54, 1.807) is 26.2 Å². The monoisotopic (exact) mass is 470 g/mol. The number of nitrogens with one attached hydrogen (secondary N) is 2. The quantitative estimate of drug-likeness (QED) is 0.346. The highest BCUT2D eigenvalue weighted by atomic mass is 16.3. The van der Waals surface area contributed by atoms with Crippen LogP contribution in [0.15, 0.2) is 90.3 Å². The lowest BCUT2D eigenvalue weighted by Crippen LogP contribution is -2.33. The van der Waals surface area contributed by atoms with Gasteiger partial charge in [0.1, 0.15) is 11.4 Å². The van der Waals surface area contributed by atoms with Crippen LogP contribution in [0.1, 0.15) is 21.5 Å². The minimum absolute atomic E-state index is 0.00612. The molecule has 0 aromatic heterocycles. The van der Waals surface area contributed by atoms with Crippen molar-refractivity contribution in [3.63, 3.8) is 0 Å². The molecule has 3 aromatic rings. The molecule has 3 aromatic carbocycles. The van der Waals surface area contributed by atoms with Gasteiger partial charge in [-0.15, -0.1) is 0 Å². The van der Waals surface area contributed by atoms with Crippen LogP contribution in [0, 0.1) is 0 Å². The van der Waals surface area contributed by atoms with Crippen LogP contribution in [0.25, 0.3) is 0 Å². The molecule has 178 valence electrons. The minimum Gasteiger partial charge on any atom is -0.505 e. The van der Waals surface area contributed by atoms with Crippen molar-refractivity contribution in [2.75, 3.05) is 19.4 Å². The highest BCUT2D eigenvalue weighted by Gasteiger charge is 2.39. The summed E-state index contributed by atoms with van der Waals surface area (Å²) in [6.45, 7) is 0.427. The van der Waals surface area contributed by atoms with E-state index in [1.165, 1.54) is 11.0 Å². The van der Waals surface area contributed by atoms with Gasteiger partial charge in [0, 0.05) is 20.6 Å². The molecular weight excluding hydrogens is 444 g/mol. The van der Waals surface area contributed by atoms with Gasteiger partial charge in [-0.3, -0.25) is 19.3 Å². The summed E-state index contributed by atoms with van der Waals surface area (Å²) >= 11 is 0. The number of para-hydroxylation sites is 1. The van der Waals surface area contributed by atoms with Crippen molar-refractivity contribution in [3.05, 3.63) is 107 Å². The van der Waals surface area contributed by atoms with E-state index in [4.69, 9.17) is 0 Å². The van der Waals surface area contributed by atoms with Crippen molar-refractivity contribution in [1.29, 1.82) is 0 Å². The molecular formula is C27H26N4O4. The zero-order valence-electron chi connectivity index (χ0n) is 19.5. The summed E-state index contributed by atoms with van der Waals surface area (Å²) in [7, 11) is 3.16. The average molecular weight is 471 g/mol. The van der Waals surface area contributed by atoms with Crippen LogP contribution in [-0.2, 0) is 22.7 Å². The highest BCUT2D eigenvalue weighted by Crippen LogP contribution is 2.32. The van der Waals surface area contributed by atoms with Gasteiger partial charge in [-0.2, -0.15) is 0 Å². The maximum atomic E-state index is 13.4. The number of aromatic hydroxyl groups is 1. The molecule has 35 heavy (non-hydrogen) atoms. The van der Waals surface area contributed by atoms with Gasteiger partial charge in [0.05, 0.1) is 17.8 Å². The molecule has 8 nitrogen and oxygen atoms in total. The highest BCUT2D eigenvalue weighted by molar-refractivity contribution is 6.20. The van der Waals surface area contributed by atoms with Crippen molar-refractivity contribution >= 4 is 23.4 Å². The predicted octanol–water partition coefficient (Wildman–Crippen LogP) is 3.08. The Morgan fingerprint density at radius 1 is 0.829 bits per heavy atom. The third-order valence-electron chi connectivity index (χ3n) is 5.60. The van der Waals surface area contributed by atoms with Crippen molar-refractivity contribution in [3.8, 4) is 5.75 Å². The molecule has 0 saturated carbocycles. The molecule has 0 spiro atoms. The lowest BCUT2D eigenvalue weighted by atomic mass is 10.1. The summed E-state index contributed by atoms with van der Waals surface area (Å²) in [5.74, 6) is -1.69. The number of carbonyl (C=O) groups is 3. The molecule has 3 N–H and O–H groups in total. The van der Waals surface area contributed by atoms with Gasteiger partial charge in [0.2, 0.25) is 0 Å². The van der Waals surface area contributed by atoms with Gasteiger partial charge >= 0.3 is 0 Å². The molecule has 1 aliphatic rings. The Labute approximate surface area is 203 Å². The molecule has 8 heteroatoms. The number of phenols is 1. The third kappa shape index (κ3) is 5.01. The summed E-state index contributed by atoms with van der Waals surface area (Å²) in [6.07, 6.45) is 0. The Morgan fingerprint density at radius 3 is 2.06 bits per heavy atom. The second-order valence-corrected chi connectivity index (χ2v) is 8.30. The lowest BCUT2D eigenvalue weighted by Gasteiger charge is -2.16. The molecule has 1 aliphatic heterocycles. The van der Waals surface area contributed by atoms with Gasteiger partial charge in [0.15, 0.2) is 5.75 Å². The lowest BCUT2D eigenvalue weighted by molar-refractivity contribution is -0.138. The summed E-state index contributed by atoms with van der Waals surface area (Å²) < 4.78 is 0. The maximum absolute atomic E-state index is 13.4. The Hall–Kier alpha value is -4.59. The first-order valence-electron chi connectivity index (χ1n) is 11.1. The number of anilines is 1. The Bertz CT molecular complexity index is 1290. The van der Waals surface area contributed by atoms with Crippen LogP contribution >= 0.6 is 0 Å². The van der Waals surface area contributed by atoms with Crippen LogP contribution in [0.3, 0.4) is 0 Å².